The molecule has 118 valence electrons. The molecule has 20 heavy (non-hydrogen) atoms. The Hall–Kier alpha value is -0.680. The predicted molar refractivity (Wildman–Crippen MR) is 76.1 cm³/mol. The highest BCUT2D eigenvalue weighted by Crippen LogP contribution is 2.35. The number of unbranched alkanes of at least 4 members (excludes halogenated alkanes) is 5. The zero-order valence-electron chi connectivity index (χ0n) is 12.0. The van der Waals surface area contributed by atoms with E-state index in [-0.39, 0.29) is 18.7 Å². The van der Waals surface area contributed by atoms with Crippen molar-refractivity contribution in [3.05, 3.63) is 12.7 Å². The van der Waals surface area contributed by atoms with Gasteiger partial charge in [0, 0.05) is 6.08 Å². The Labute approximate surface area is 120 Å². The van der Waals surface area contributed by atoms with Gasteiger partial charge in [0.15, 0.2) is 0 Å². The molecule has 0 fully saturated rings. The van der Waals surface area contributed by atoms with Crippen molar-refractivity contribution in [3.8, 4) is 0 Å². The van der Waals surface area contributed by atoms with Crippen molar-refractivity contribution in [1.82, 2.24) is 0 Å². The monoisotopic (exact) mass is 308 g/mol. The van der Waals surface area contributed by atoms with E-state index in [9.17, 15) is 9.36 Å². The maximum absolute atomic E-state index is 10.9. The zero-order chi connectivity index (χ0) is 15.4. The number of carbonyl (C=O) groups excluding carboxylic acids is 1. The highest BCUT2D eigenvalue weighted by atomic mass is 31.2. The van der Waals surface area contributed by atoms with Gasteiger partial charge >= 0.3 is 13.8 Å². The van der Waals surface area contributed by atoms with Crippen molar-refractivity contribution in [3.63, 3.8) is 0 Å². The van der Waals surface area contributed by atoms with E-state index in [4.69, 9.17) is 14.5 Å². The lowest BCUT2D eigenvalue weighted by Gasteiger charge is -2.11. The Morgan fingerprint density at radius 2 is 1.75 bits per heavy atom. The maximum atomic E-state index is 10.9. The van der Waals surface area contributed by atoms with E-state index >= 15 is 0 Å². The normalized spacial score (nSPS) is 12.9. The van der Waals surface area contributed by atoms with Crippen LogP contribution in [0.4, 0.5) is 0 Å². The summed E-state index contributed by atoms with van der Waals surface area (Å²) in [6.45, 7) is 5.30. The highest BCUT2D eigenvalue weighted by molar-refractivity contribution is 7.46. The Morgan fingerprint density at radius 1 is 1.20 bits per heavy atom. The van der Waals surface area contributed by atoms with Crippen LogP contribution in [0.5, 0.6) is 0 Å². The van der Waals surface area contributed by atoms with Crippen LogP contribution in [0, 0.1) is 0 Å². The molecule has 1 unspecified atom stereocenters. The van der Waals surface area contributed by atoms with Crippen molar-refractivity contribution in [2.45, 2.75) is 58.0 Å². The third kappa shape index (κ3) is 13.7. The minimum atomic E-state index is -4.31. The van der Waals surface area contributed by atoms with Crippen molar-refractivity contribution < 1.29 is 28.4 Å². The Kier molecular flexibility index (Phi) is 10.7. The van der Waals surface area contributed by atoms with Gasteiger partial charge in [0.2, 0.25) is 0 Å². The molecular formula is C13H25O6P. The Morgan fingerprint density at radius 3 is 2.30 bits per heavy atom. The summed E-state index contributed by atoms with van der Waals surface area (Å²) in [5.74, 6) is -0.387. The lowest BCUT2D eigenvalue weighted by Crippen LogP contribution is -2.12. The first-order valence-electron chi connectivity index (χ1n) is 6.88. The molecule has 0 saturated carbocycles. The van der Waals surface area contributed by atoms with Crippen LogP contribution < -0.4 is 0 Å². The molecule has 0 heterocycles. The first-order chi connectivity index (χ1) is 9.35. The number of hydrogen-bond acceptors (Lipinski definition) is 4. The van der Waals surface area contributed by atoms with E-state index in [0.717, 1.165) is 44.6 Å². The molecule has 0 bridgehead atoms. The van der Waals surface area contributed by atoms with Gasteiger partial charge in [-0.3, -0.25) is 4.52 Å². The van der Waals surface area contributed by atoms with Crippen LogP contribution >= 0.6 is 7.82 Å². The Balaban J connectivity index is 3.30. The summed E-state index contributed by atoms with van der Waals surface area (Å²) in [6.07, 6.45) is 7.55. The Bertz CT molecular complexity index is 325. The molecular weight excluding hydrogens is 283 g/mol. The number of hydrogen-bond donors (Lipinski definition) is 2. The summed E-state index contributed by atoms with van der Waals surface area (Å²) >= 11 is 0. The molecule has 0 spiro atoms. The summed E-state index contributed by atoms with van der Waals surface area (Å²) in [5.41, 5.74) is 0. The maximum Gasteiger partial charge on any atom is 0.469 e. The van der Waals surface area contributed by atoms with Crippen molar-refractivity contribution in [2.75, 3.05) is 6.61 Å². The van der Waals surface area contributed by atoms with Gasteiger partial charge in [-0.1, -0.05) is 32.3 Å². The van der Waals surface area contributed by atoms with Crippen LogP contribution in [0.15, 0.2) is 12.7 Å². The van der Waals surface area contributed by atoms with Crippen LogP contribution in [0.3, 0.4) is 0 Å². The van der Waals surface area contributed by atoms with Crippen molar-refractivity contribution >= 4 is 13.8 Å². The van der Waals surface area contributed by atoms with Gasteiger partial charge in [-0.25, -0.2) is 9.36 Å². The second-order valence-corrected chi connectivity index (χ2v) is 5.92. The van der Waals surface area contributed by atoms with Gasteiger partial charge in [0.05, 0.1) is 12.7 Å². The number of ether oxygens (including phenoxy) is 1. The van der Waals surface area contributed by atoms with E-state index in [1.165, 1.54) is 0 Å². The number of esters is 1. The quantitative estimate of drug-likeness (QED) is 0.249. The largest absolute Gasteiger partial charge is 0.469 e. The summed E-state index contributed by atoms with van der Waals surface area (Å²) < 4.78 is 19.8. The zero-order valence-corrected chi connectivity index (χ0v) is 12.9. The molecule has 0 aromatic rings. The summed E-state index contributed by atoms with van der Waals surface area (Å²) in [6, 6.07) is 0. The van der Waals surface area contributed by atoms with Crippen molar-refractivity contribution in [2.24, 2.45) is 0 Å². The summed E-state index contributed by atoms with van der Waals surface area (Å²) in [5, 5.41) is 0. The molecule has 0 saturated heterocycles. The van der Waals surface area contributed by atoms with Crippen LogP contribution in [0.25, 0.3) is 0 Å². The molecule has 0 aromatic carbocycles. The van der Waals surface area contributed by atoms with Crippen molar-refractivity contribution in [1.29, 1.82) is 0 Å². The SMILES string of the molecule is C=CC(=O)OC(C)CCCCCCCCOP(=O)(O)O. The van der Waals surface area contributed by atoms with Gasteiger partial charge in [0.25, 0.3) is 0 Å². The van der Waals surface area contributed by atoms with Gasteiger partial charge in [-0.05, 0) is 26.2 Å². The van der Waals surface area contributed by atoms with Crippen LogP contribution in [-0.4, -0.2) is 28.5 Å². The van der Waals surface area contributed by atoms with E-state index in [1.54, 1.807) is 0 Å². The fourth-order valence-electron chi connectivity index (χ4n) is 1.73. The first-order valence-corrected chi connectivity index (χ1v) is 8.41. The summed E-state index contributed by atoms with van der Waals surface area (Å²) in [7, 11) is -4.31. The van der Waals surface area contributed by atoms with Gasteiger partial charge < -0.3 is 14.5 Å². The molecule has 1 atom stereocenters. The van der Waals surface area contributed by atoms with E-state index in [2.05, 4.69) is 11.1 Å². The molecule has 0 aromatic heterocycles. The van der Waals surface area contributed by atoms with Gasteiger partial charge in [0.1, 0.15) is 0 Å². The van der Waals surface area contributed by atoms with Crippen LogP contribution in [-0.2, 0) is 18.6 Å². The topological polar surface area (TPSA) is 93.1 Å². The molecule has 0 radical (unpaired) electrons. The van der Waals surface area contributed by atoms with Gasteiger partial charge in [-0.2, -0.15) is 0 Å². The molecule has 0 aliphatic heterocycles. The number of phosphoric ester groups is 1. The minimum Gasteiger partial charge on any atom is -0.460 e. The molecule has 7 heteroatoms. The van der Waals surface area contributed by atoms with E-state index in [0.29, 0.717) is 6.42 Å². The number of rotatable bonds is 12. The molecule has 0 amide bonds. The summed E-state index contributed by atoms with van der Waals surface area (Å²) in [4.78, 5) is 27.9. The standard InChI is InChI=1S/C13H25O6P/c1-3-13(14)19-12(2)10-8-6-4-5-7-9-11-18-20(15,16)17/h3,12H,1,4-11H2,2H3,(H2,15,16,17). The molecule has 0 rings (SSSR count). The minimum absolute atomic E-state index is 0.0860. The van der Waals surface area contributed by atoms with Crippen LogP contribution in [0.1, 0.15) is 51.9 Å². The third-order valence-electron chi connectivity index (χ3n) is 2.75. The second kappa shape index (κ2) is 11.0. The lowest BCUT2D eigenvalue weighted by atomic mass is 10.1. The fourth-order valence-corrected chi connectivity index (χ4v) is 2.10. The second-order valence-electron chi connectivity index (χ2n) is 4.69. The fraction of sp³-hybridized carbons (Fsp3) is 0.769. The number of phosphoric acid groups is 1. The molecule has 2 N–H and O–H groups in total. The average Bonchev–Trinajstić information content (AvgIpc) is 2.35. The molecule has 6 nitrogen and oxygen atoms in total. The average molecular weight is 308 g/mol. The van der Waals surface area contributed by atoms with Gasteiger partial charge in [-0.15, -0.1) is 0 Å². The van der Waals surface area contributed by atoms with E-state index < -0.39 is 7.82 Å². The third-order valence-corrected chi connectivity index (χ3v) is 3.27. The first kappa shape index (κ1) is 19.3. The molecule has 0 aliphatic rings. The number of carbonyl (C=O) groups is 1. The lowest BCUT2D eigenvalue weighted by molar-refractivity contribution is -0.142. The predicted octanol–water partition coefficient (Wildman–Crippen LogP) is 2.94. The smallest absolute Gasteiger partial charge is 0.460 e. The van der Waals surface area contributed by atoms with Crippen LogP contribution in [0.2, 0.25) is 0 Å². The highest BCUT2D eigenvalue weighted by Gasteiger charge is 2.12. The van der Waals surface area contributed by atoms with E-state index in [1.807, 2.05) is 6.92 Å². The molecule has 0 aliphatic carbocycles.